The summed E-state index contributed by atoms with van der Waals surface area (Å²) in [4.78, 5) is 38.5. The average molecular weight is 494 g/mol. The standard InChI is InChI=1S/C26H28FN5O4/c1-15(2)17-6-8-18(9-7-17)28-26(36)31-11-4-5-21(31)24(33)29-23-10-12-32(30-23)22-13-16(3)19(25(34)35)14-20(22)27/h6-10,12-15,21H,4-5,11H2,1-3H3,(H,28,36)(H,34,35)(H,29,30,33). The van der Waals surface area contributed by atoms with Crippen molar-refractivity contribution in [2.75, 3.05) is 17.2 Å². The number of likely N-dealkylation sites (tertiary alicyclic amines) is 1. The molecule has 3 amide bonds. The summed E-state index contributed by atoms with van der Waals surface area (Å²) in [6, 6.07) is 10.4. The minimum atomic E-state index is -1.22. The van der Waals surface area contributed by atoms with E-state index in [4.69, 9.17) is 5.11 Å². The normalized spacial score (nSPS) is 15.2. The van der Waals surface area contributed by atoms with Crippen LogP contribution in [0.4, 0.5) is 20.7 Å². The molecule has 1 unspecified atom stereocenters. The molecule has 0 bridgehead atoms. The number of carboxylic acid groups (broad SMARTS) is 1. The first-order valence-electron chi connectivity index (χ1n) is 11.7. The smallest absolute Gasteiger partial charge is 0.336 e. The van der Waals surface area contributed by atoms with Crippen molar-refractivity contribution in [2.45, 2.75) is 45.6 Å². The zero-order chi connectivity index (χ0) is 26.0. The van der Waals surface area contributed by atoms with Crippen LogP contribution in [0.15, 0.2) is 48.7 Å². The molecule has 188 valence electrons. The quantitative estimate of drug-likeness (QED) is 0.457. The van der Waals surface area contributed by atoms with E-state index in [9.17, 15) is 18.8 Å². The molecule has 0 spiro atoms. The predicted octanol–water partition coefficient (Wildman–Crippen LogP) is 4.78. The number of carboxylic acids is 1. The molecule has 1 aromatic heterocycles. The summed E-state index contributed by atoms with van der Waals surface area (Å²) in [6.07, 6.45) is 2.66. The summed E-state index contributed by atoms with van der Waals surface area (Å²) in [7, 11) is 0. The third kappa shape index (κ3) is 5.22. The molecule has 2 heterocycles. The van der Waals surface area contributed by atoms with Crippen LogP contribution in [0.5, 0.6) is 0 Å². The van der Waals surface area contributed by atoms with Crippen molar-refractivity contribution >= 4 is 29.4 Å². The number of carbonyl (C=O) groups is 3. The third-order valence-electron chi connectivity index (χ3n) is 6.26. The van der Waals surface area contributed by atoms with Crippen LogP contribution in [0.25, 0.3) is 5.69 Å². The van der Waals surface area contributed by atoms with Gasteiger partial charge >= 0.3 is 12.0 Å². The van der Waals surface area contributed by atoms with E-state index >= 15 is 0 Å². The van der Waals surface area contributed by atoms with Gasteiger partial charge in [-0.25, -0.2) is 18.7 Å². The van der Waals surface area contributed by atoms with Crippen LogP contribution in [-0.2, 0) is 4.79 Å². The molecule has 0 radical (unpaired) electrons. The van der Waals surface area contributed by atoms with Gasteiger partial charge in [-0.15, -0.1) is 5.10 Å². The van der Waals surface area contributed by atoms with Crippen molar-refractivity contribution in [3.8, 4) is 5.69 Å². The summed E-state index contributed by atoms with van der Waals surface area (Å²) in [5, 5.41) is 18.9. The van der Waals surface area contributed by atoms with Crippen LogP contribution < -0.4 is 10.6 Å². The van der Waals surface area contributed by atoms with E-state index in [-0.39, 0.29) is 29.0 Å². The van der Waals surface area contributed by atoms with Crippen LogP contribution in [-0.4, -0.2) is 50.3 Å². The molecule has 1 atom stereocenters. The molecule has 1 aliphatic rings. The minimum absolute atomic E-state index is 0.0587. The molecule has 1 aliphatic heterocycles. The zero-order valence-corrected chi connectivity index (χ0v) is 20.3. The number of rotatable bonds is 6. The molecule has 36 heavy (non-hydrogen) atoms. The van der Waals surface area contributed by atoms with E-state index < -0.39 is 17.8 Å². The maximum atomic E-state index is 14.5. The number of hydrogen-bond acceptors (Lipinski definition) is 4. The second-order valence-corrected chi connectivity index (χ2v) is 9.12. The topological polar surface area (TPSA) is 117 Å². The highest BCUT2D eigenvalue weighted by Gasteiger charge is 2.34. The molecule has 10 heteroatoms. The number of halogens is 1. The molecule has 9 nitrogen and oxygen atoms in total. The highest BCUT2D eigenvalue weighted by atomic mass is 19.1. The van der Waals surface area contributed by atoms with Gasteiger partial charge in [0, 0.05) is 24.5 Å². The van der Waals surface area contributed by atoms with E-state index in [2.05, 4.69) is 29.6 Å². The number of aromatic nitrogens is 2. The Kier molecular flexibility index (Phi) is 7.05. The van der Waals surface area contributed by atoms with Crippen molar-refractivity contribution < 1.29 is 23.9 Å². The van der Waals surface area contributed by atoms with Gasteiger partial charge in [-0.1, -0.05) is 26.0 Å². The molecular weight excluding hydrogens is 465 g/mol. The van der Waals surface area contributed by atoms with Gasteiger partial charge in [0.25, 0.3) is 0 Å². The van der Waals surface area contributed by atoms with Crippen molar-refractivity contribution in [3.63, 3.8) is 0 Å². The average Bonchev–Trinajstić information content (AvgIpc) is 3.50. The van der Waals surface area contributed by atoms with Gasteiger partial charge in [0.15, 0.2) is 5.82 Å². The SMILES string of the molecule is Cc1cc(-n2ccc(NC(=O)C3CCCN3C(=O)Nc3ccc(C(C)C)cc3)n2)c(F)cc1C(=O)O. The first kappa shape index (κ1) is 24.9. The molecule has 4 rings (SSSR count). The number of urea groups is 1. The molecular formula is C26H28FN5O4. The predicted molar refractivity (Wildman–Crippen MR) is 133 cm³/mol. The molecule has 3 N–H and O–H groups in total. The Bertz CT molecular complexity index is 1300. The van der Waals surface area contributed by atoms with E-state index in [1.54, 1.807) is 6.92 Å². The summed E-state index contributed by atoms with van der Waals surface area (Å²) < 4.78 is 15.7. The second-order valence-electron chi connectivity index (χ2n) is 9.12. The molecule has 0 aliphatic carbocycles. The first-order chi connectivity index (χ1) is 17.1. The van der Waals surface area contributed by atoms with Crippen LogP contribution in [0.1, 0.15) is 54.1 Å². The lowest BCUT2D eigenvalue weighted by atomic mass is 10.0. The van der Waals surface area contributed by atoms with E-state index in [1.165, 1.54) is 33.5 Å². The van der Waals surface area contributed by atoms with E-state index in [0.29, 0.717) is 36.6 Å². The number of amides is 3. The number of hydrogen-bond donors (Lipinski definition) is 3. The monoisotopic (exact) mass is 493 g/mol. The minimum Gasteiger partial charge on any atom is -0.478 e. The van der Waals surface area contributed by atoms with Crippen LogP contribution in [0.2, 0.25) is 0 Å². The van der Waals surface area contributed by atoms with E-state index in [1.807, 2.05) is 24.3 Å². The first-order valence-corrected chi connectivity index (χ1v) is 11.7. The Morgan fingerprint density at radius 1 is 1.11 bits per heavy atom. The molecule has 2 aromatic carbocycles. The number of aryl methyl sites for hydroxylation is 1. The maximum absolute atomic E-state index is 14.5. The van der Waals surface area contributed by atoms with Crippen LogP contribution >= 0.6 is 0 Å². The summed E-state index contributed by atoms with van der Waals surface area (Å²) in [5.41, 5.74) is 2.13. The number of anilines is 2. The highest BCUT2D eigenvalue weighted by Crippen LogP contribution is 2.23. The number of aromatic carboxylic acids is 1. The van der Waals surface area contributed by atoms with Gasteiger partial charge < -0.3 is 20.6 Å². The fourth-order valence-electron chi connectivity index (χ4n) is 4.24. The summed E-state index contributed by atoms with van der Waals surface area (Å²) in [5.74, 6) is -1.78. The lowest BCUT2D eigenvalue weighted by Crippen LogP contribution is -2.45. The Morgan fingerprint density at radius 3 is 2.50 bits per heavy atom. The second kappa shape index (κ2) is 10.2. The van der Waals surface area contributed by atoms with Crippen molar-refractivity contribution in [2.24, 2.45) is 0 Å². The van der Waals surface area contributed by atoms with Crippen LogP contribution in [0.3, 0.4) is 0 Å². The zero-order valence-electron chi connectivity index (χ0n) is 20.3. The number of nitrogens with one attached hydrogen (secondary N) is 2. The molecule has 3 aromatic rings. The van der Waals surface area contributed by atoms with Gasteiger partial charge in [-0.05, 0) is 61.1 Å². The summed E-state index contributed by atoms with van der Waals surface area (Å²) in [6.45, 7) is 6.20. The van der Waals surface area contributed by atoms with Gasteiger partial charge in [0.05, 0.1) is 5.56 Å². The largest absolute Gasteiger partial charge is 0.478 e. The number of benzene rings is 2. The highest BCUT2D eigenvalue weighted by molar-refractivity contribution is 5.99. The Morgan fingerprint density at radius 2 is 1.83 bits per heavy atom. The van der Waals surface area contributed by atoms with E-state index in [0.717, 1.165) is 6.07 Å². The fourth-order valence-corrected chi connectivity index (χ4v) is 4.24. The maximum Gasteiger partial charge on any atom is 0.336 e. The number of nitrogens with zero attached hydrogens (tertiary/aromatic N) is 3. The Hall–Kier alpha value is -4.21. The summed E-state index contributed by atoms with van der Waals surface area (Å²) >= 11 is 0. The van der Waals surface area contributed by atoms with Gasteiger partial charge in [-0.2, -0.15) is 0 Å². The molecule has 1 fully saturated rings. The van der Waals surface area contributed by atoms with Gasteiger partial charge in [0.1, 0.15) is 17.5 Å². The Labute approximate surface area is 207 Å². The molecule has 1 saturated heterocycles. The van der Waals surface area contributed by atoms with Crippen molar-refractivity contribution in [1.82, 2.24) is 14.7 Å². The Balaban J connectivity index is 1.43. The van der Waals surface area contributed by atoms with Crippen molar-refractivity contribution in [3.05, 3.63) is 71.2 Å². The lowest BCUT2D eigenvalue weighted by molar-refractivity contribution is -0.119. The molecule has 0 saturated carbocycles. The van der Waals surface area contributed by atoms with Gasteiger partial charge in [0.2, 0.25) is 5.91 Å². The lowest BCUT2D eigenvalue weighted by Gasteiger charge is -2.24. The van der Waals surface area contributed by atoms with Gasteiger partial charge in [-0.3, -0.25) is 4.79 Å². The third-order valence-corrected chi connectivity index (χ3v) is 6.26. The van der Waals surface area contributed by atoms with Crippen LogP contribution in [0, 0.1) is 12.7 Å². The fraction of sp³-hybridized carbons (Fsp3) is 0.308. The number of carbonyl (C=O) groups excluding carboxylic acids is 2. The van der Waals surface area contributed by atoms with Crippen molar-refractivity contribution in [1.29, 1.82) is 0 Å².